The number of hydrogen-bond donors (Lipinski definition) is 3. The van der Waals surface area contributed by atoms with Gasteiger partial charge in [-0.3, -0.25) is 0 Å². The molecule has 0 saturated carbocycles. The molecular formula is C14H22N4OS2. The average molecular weight is 326 g/mol. The first-order valence-corrected chi connectivity index (χ1v) is 8.60. The molecule has 0 unspecified atom stereocenters. The highest BCUT2D eigenvalue weighted by molar-refractivity contribution is 7.15. The summed E-state index contributed by atoms with van der Waals surface area (Å²) in [6, 6.07) is 0. The van der Waals surface area contributed by atoms with Crippen molar-refractivity contribution >= 4 is 33.7 Å². The van der Waals surface area contributed by atoms with E-state index in [4.69, 9.17) is 10.8 Å². The van der Waals surface area contributed by atoms with E-state index in [9.17, 15) is 0 Å². The molecule has 2 aromatic heterocycles. The highest BCUT2D eigenvalue weighted by Gasteiger charge is 2.21. The second kappa shape index (κ2) is 6.72. The number of rotatable bonds is 7. The number of nitrogen functional groups attached to an aromatic ring is 1. The molecule has 0 radical (unpaired) electrons. The van der Waals surface area contributed by atoms with Crippen LogP contribution in [-0.2, 0) is 0 Å². The zero-order valence-electron chi connectivity index (χ0n) is 12.6. The van der Waals surface area contributed by atoms with Gasteiger partial charge in [0.2, 0.25) is 0 Å². The van der Waals surface area contributed by atoms with E-state index < -0.39 is 0 Å². The van der Waals surface area contributed by atoms with Crippen LogP contribution in [0, 0.1) is 12.3 Å². The first kappa shape index (κ1) is 16.2. The summed E-state index contributed by atoms with van der Waals surface area (Å²) in [4.78, 5) is 4.50. The van der Waals surface area contributed by atoms with Gasteiger partial charge in [-0.05, 0) is 36.7 Å². The van der Waals surface area contributed by atoms with E-state index in [1.54, 1.807) is 11.3 Å². The van der Waals surface area contributed by atoms with Crippen LogP contribution in [0.2, 0.25) is 0 Å². The van der Waals surface area contributed by atoms with Crippen LogP contribution in [0.3, 0.4) is 0 Å². The van der Waals surface area contributed by atoms with Crippen LogP contribution in [0.15, 0.2) is 5.38 Å². The van der Waals surface area contributed by atoms with E-state index >= 15 is 0 Å². The van der Waals surface area contributed by atoms with Gasteiger partial charge in [0.25, 0.3) is 0 Å². The van der Waals surface area contributed by atoms with Crippen molar-refractivity contribution in [1.29, 1.82) is 0 Å². The maximum atomic E-state index is 8.96. The van der Waals surface area contributed by atoms with Crippen molar-refractivity contribution in [2.75, 3.05) is 24.2 Å². The van der Waals surface area contributed by atoms with Crippen molar-refractivity contribution in [2.45, 2.75) is 33.6 Å². The van der Waals surface area contributed by atoms with E-state index in [1.165, 1.54) is 11.5 Å². The Hall–Kier alpha value is -1.18. The van der Waals surface area contributed by atoms with Gasteiger partial charge in [-0.2, -0.15) is 4.37 Å². The normalized spacial score (nSPS) is 11.8. The molecule has 0 fully saturated rings. The maximum Gasteiger partial charge on any atom is 0.149 e. The van der Waals surface area contributed by atoms with Crippen molar-refractivity contribution < 1.29 is 5.11 Å². The van der Waals surface area contributed by atoms with Crippen molar-refractivity contribution in [3.63, 3.8) is 0 Å². The van der Waals surface area contributed by atoms with Crippen molar-refractivity contribution in [2.24, 2.45) is 5.41 Å². The molecule has 4 N–H and O–H groups in total. The lowest BCUT2D eigenvalue weighted by Crippen LogP contribution is -2.23. The third kappa shape index (κ3) is 4.15. The van der Waals surface area contributed by atoms with E-state index in [1.807, 2.05) is 12.3 Å². The number of thiazole rings is 1. The number of nitrogens with one attached hydrogen (secondary N) is 1. The summed E-state index contributed by atoms with van der Waals surface area (Å²) in [7, 11) is 0. The fourth-order valence-electron chi connectivity index (χ4n) is 2.06. The number of aromatic nitrogens is 2. The van der Waals surface area contributed by atoms with Gasteiger partial charge in [0.1, 0.15) is 15.8 Å². The third-order valence-corrected chi connectivity index (χ3v) is 5.09. The van der Waals surface area contributed by atoms with Gasteiger partial charge in [-0.25, -0.2) is 4.98 Å². The molecule has 2 aromatic rings. The largest absolute Gasteiger partial charge is 0.396 e. The third-order valence-electron chi connectivity index (χ3n) is 3.29. The molecule has 2 rings (SSSR count). The number of aliphatic hydroxyl groups excluding tert-OH is 1. The predicted molar refractivity (Wildman–Crippen MR) is 91.0 cm³/mol. The summed E-state index contributed by atoms with van der Waals surface area (Å²) in [5.41, 5.74) is 8.01. The first-order valence-electron chi connectivity index (χ1n) is 6.95. The number of aliphatic hydroxyl groups is 1. The molecule has 0 amide bonds. The standard InChI is InChI=1S/C14H22N4OS2/c1-9-7-20-13(17-9)10-11(15)18-21-12(10)16-8-14(2,3)5-4-6-19/h7,16,19H,4-6,8H2,1-3H3,(H2,15,18). The zero-order chi connectivity index (χ0) is 15.5. The highest BCUT2D eigenvalue weighted by atomic mass is 32.1. The second-order valence-electron chi connectivity index (χ2n) is 5.91. The maximum absolute atomic E-state index is 8.96. The van der Waals surface area contributed by atoms with E-state index in [0.717, 1.165) is 40.7 Å². The number of nitrogens with two attached hydrogens (primary N) is 1. The molecular weight excluding hydrogens is 304 g/mol. The molecule has 0 bridgehead atoms. The Bertz CT molecular complexity index is 592. The molecule has 0 aliphatic rings. The molecule has 2 heterocycles. The van der Waals surface area contributed by atoms with E-state index in [2.05, 4.69) is 28.5 Å². The summed E-state index contributed by atoms with van der Waals surface area (Å²) >= 11 is 2.96. The smallest absolute Gasteiger partial charge is 0.149 e. The molecule has 0 aliphatic heterocycles. The van der Waals surface area contributed by atoms with Gasteiger partial charge in [0, 0.05) is 24.2 Å². The SMILES string of the molecule is Cc1csc(-c2c(N)nsc2NCC(C)(C)CCCO)n1. The molecule has 116 valence electrons. The van der Waals surface area contributed by atoms with Crippen molar-refractivity contribution in [3.05, 3.63) is 11.1 Å². The molecule has 21 heavy (non-hydrogen) atoms. The van der Waals surface area contributed by atoms with Crippen LogP contribution in [0.1, 0.15) is 32.4 Å². The summed E-state index contributed by atoms with van der Waals surface area (Å²) < 4.78 is 4.25. The minimum Gasteiger partial charge on any atom is -0.396 e. The van der Waals surface area contributed by atoms with Gasteiger partial charge < -0.3 is 16.2 Å². The summed E-state index contributed by atoms with van der Waals surface area (Å²) in [6.45, 7) is 7.40. The molecule has 0 spiro atoms. The molecule has 0 atom stereocenters. The first-order chi connectivity index (χ1) is 9.93. The van der Waals surface area contributed by atoms with Crippen molar-refractivity contribution in [3.8, 4) is 10.6 Å². The fraction of sp³-hybridized carbons (Fsp3) is 0.571. The lowest BCUT2D eigenvalue weighted by molar-refractivity contribution is 0.248. The zero-order valence-corrected chi connectivity index (χ0v) is 14.3. The quantitative estimate of drug-likeness (QED) is 0.726. The summed E-state index contributed by atoms with van der Waals surface area (Å²) in [5, 5.41) is 16.3. The lowest BCUT2D eigenvalue weighted by atomic mass is 9.88. The minimum absolute atomic E-state index is 0.109. The molecule has 7 heteroatoms. The van der Waals surface area contributed by atoms with Crippen LogP contribution in [0.4, 0.5) is 10.8 Å². The number of hydrogen-bond acceptors (Lipinski definition) is 7. The van der Waals surface area contributed by atoms with Crippen LogP contribution >= 0.6 is 22.9 Å². The Balaban J connectivity index is 2.11. The molecule has 0 saturated heterocycles. The monoisotopic (exact) mass is 326 g/mol. The summed E-state index contributed by atoms with van der Waals surface area (Å²) in [5.74, 6) is 0.532. The number of anilines is 2. The predicted octanol–water partition coefficient (Wildman–Crippen LogP) is 3.37. The topological polar surface area (TPSA) is 84.1 Å². The van der Waals surface area contributed by atoms with E-state index in [0.29, 0.717) is 5.82 Å². The second-order valence-corrected chi connectivity index (χ2v) is 7.54. The van der Waals surface area contributed by atoms with Gasteiger partial charge in [0.15, 0.2) is 0 Å². The van der Waals surface area contributed by atoms with Crippen LogP contribution < -0.4 is 11.1 Å². The lowest BCUT2D eigenvalue weighted by Gasteiger charge is -2.24. The average Bonchev–Trinajstić information content (AvgIpc) is 3.00. The Morgan fingerprint density at radius 2 is 2.19 bits per heavy atom. The van der Waals surface area contributed by atoms with E-state index in [-0.39, 0.29) is 12.0 Å². The van der Waals surface area contributed by atoms with Gasteiger partial charge in [-0.15, -0.1) is 11.3 Å². The Morgan fingerprint density at radius 1 is 1.43 bits per heavy atom. The van der Waals surface area contributed by atoms with Crippen LogP contribution in [0.5, 0.6) is 0 Å². The Labute approximate surface area is 133 Å². The van der Waals surface area contributed by atoms with Gasteiger partial charge in [-0.1, -0.05) is 13.8 Å². The minimum atomic E-state index is 0.109. The Kier molecular flexibility index (Phi) is 5.18. The van der Waals surface area contributed by atoms with Crippen LogP contribution in [0.25, 0.3) is 10.6 Å². The number of aryl methyl sites for hydroxylation is 1. The highest BCUT2D eigenvalue weighted by Crippen LogP contribution is 2.39. The van der Waals surface area contributed by atoms with Crippen molar-refractivity contribution in [1.82, 2.24) is 9.36 Å². The Morgan fingerprint density at radius 3 is 2.81 bits per heavy atom. The van der Waals surface area contributed by atoms with Gasteiger partial charge in [0.05, 0.1) is 5.56 Å². The van der Waals surface area contributed by atoms with Gasteiger partial charge >= 0.3 is 0 Å². The molecule has 0 aliphatic carbocycles. The molecule has 0 aromatic carbocycles. The number of nitrogens with zero attached hydrogens (tertiary/aromatic N) is 2. The summed E-state index contributed by atoms with van der Waals surface area (Å²) in [6.07, 6.45) is 1.79. The van der Waals surface area contributed by atoms with Crippen LogP contribution in [-0.4, -0.2) is 27.6 Å². The molecule has 5 nitrogen and oxygen atoms in total. The fourth-order valence-corrected chi connectivity index (χ4v) is 3.69.